The molecule has 0 unspecified atom stereocenters. The predicted octanol–water partition coefficient (Wildman–Crippen LogP) is 3.49. The molecule has 0 radical (unpaired) electrons. The van der Waals surface area contributed by atoms with Crippen molar-refractivity contribution in [3.8, 4) is 0 Å². The van der Waals surface area contributed by atoms with Crippen molar-refractivity contribution in [2.24, 2.45) is 0 Å². The lowest BCUT2D eigenvalue weighted by atomic mass is 10.1. The maximum absolute atomic E-state index is 12.9. The second-order valence-corrected chi connectivity index (χ2v) is 6.57. The van der Waals surface area contributed by atoms with E-state index in [9.17, 15) is 4.79 Å². The normalized spacial score (nSPS) is 20.0. The molecule has 0 bridgehead atoms. The standard InChI is InChI=1S/C16H21N3OS/c1-11-9-12(2)19(17-11)13(3)16(20)18-7-4-5-15(18)14-6-8-21-10-14/h6,8-10,13,15H,4-5,7H2,1-3H3/t13-,15-/m1/s1. The topological polar surface area (TPSA) is 38.1 Å². The average molecular weight is 303 g/mol. The molecule has 2 atom stereocenters. The van der Waals surface area contributed by atoms with Gasteiger partial charge < -0.3 is 4.90 Å². The van der Waals surface area contributed by atoms with Crippen LogP contribution in [0.2, 0.25) is 0 Å². The van der Waals surface area contributed by atoms with Crippen LogP contribution in [0.15, 0.2) is 22.9 Å². The summed E-state index contributed by atoms with van der Waals surface area (Å²) in [5, 5.41) is 8.70. The quantitative estimate of drug-likeness (QED) is 0.870. The van der Waals surface area contributed by atoms with Crippen LogP contribution in [-0.2, 0) is 4.79 Å². The minimum Gasteiger partial charge on any atom is -0.334 e. The van der Waals surface area contributed by atoms with E-state index in [0.29, 0.717) is 0 Å². The van der Waals surface area contributed by atoms with E-state index in [4.69, 9.17) is 0 Å². The number of likely N-dealkylation sites (tertiary alicyclic amines) is 1. The number of amides is 1. The van der Waals surface area contributed by atoms with Gasteiger partial charge >= 0.3 is 0 Å². The molecule has 0 saturated carbocycles. The third kappa shape index (κ3) is 2.62. The zero-order valence-corrected chi connectivity index (χ0v) is 13.6. The number of carbonyl (C=O) groups excluding carboxylic acids is 1. The van der Waals surface area contributed by atoms with Crippen molar-refractivity contribution in [3.05, 3.63) is 39.8 Å². The average Bonchev–Trinajstić information content (AvgIpc) is 3.16. The lowest BCUT2D eigenvalue weighted by Gasteiger charge is -2.27. The van der Waals surface area contributed by atoms with E-state index in [0.717, 1.165) is 30.8 Å². The van der Waals surface area contributed by atoms with Gasteiger partial charge in [-0.1, -0.05) is 0 Å². The van der Waals surface area contributed by atoms with Crippen LogP contribution in [0, 0.1) is 13.8 Å². The number of hydrogen-bond donors (Lipinski definition) is 0. The minimum absolute atomic E-state index is 0.176. The molecule has 1 aliphatic heterocycles. The van der Waals surface area contributed by atoms with Gasteiger partial charge in [0.2, 0.25) is 5.91 Å². The van der Waals surface area contributed by atoms with Gasteiger partial charge in [0.05, 0.1) is 11.7 Å². The first-order valence-electron chi connectivity index (χ1n) is 7.43. The van der Waals surface area contributed by atoms with Gasteiger partial charge in [-0.25, -0.2) is 0 Å². The number of aromatic nitrogens is 2. The van der Waals surface area contributed by atoms with E-state index in [1.54, 1.807) is 11.3 Å². The van der Waals surface area contributed by atoms with Crippen molar-refractivity contribution in [1.82, 2.24) is 14.7 Å². The Bertz CT molecular complexity index is 632. The summed E-state index contributed by atoms with van der Waals surface area (Å²) in [6.07, 6.45) is 2.14. The maximum atomic E-state index is 12.9. The number of aryl methyl sites for hydroxylation is 2. The Morgan fingerprint density at radius 1 is 1.48 bits per heavy atom. The lowest BCUT2D eigenvalue weighted by Crippen LogP contribution is -2.36. The number of nitrogens with zero attached hydrogens (tertiary/aromatic N) is 3. The Kier molecular flexibility index (Phi) is 3.85. The Hall–Kier alpha value is -1.62. The fraction of sp³-hybridized carbons (Fsp3) is 0.500. The Labute approximate surface area is 129 Å². The summed E-state index contributed by atoms with van der Waals surface area (Å²) in [5.74, 6) is 0.176. The first kappa shape index (κ1) is 14.3. The highest BCUT2D eigenvalue weighted by Gasteiger charge is 2.33. The lowest BCUT2D eigenvalue weighted by molar-refractivity contribution is -0.135. The Morgan fingerprint density at radius 3 is 2.90 bits per heavy atom. The maximum Gasteiger partial charge on any atom is 0.247 e. The van der Waals surface area contributed by atoms with Crippen LogP contribution in [0.1, 0.15) is 48.8 Å². The summed E-state index contributed by atoms with van der Waals surface area (Å²) < 4.78 is 1.85. The van der Waals surface area contributed by atoms with Crippen LogP contribution in [0.4, 0.5) is 0 Å². The van der Waals surface area contributed by atoms with Crippen LogP contribution in [0.3, 0.4) is 0 Å². The highest BCUT2D eigenvalue weighted by molar-refractivity contribution is 7.07. The predicted molar refractivity (Wildman–Crippen MR) is 84.4 cm³/mol. The molecule has 1 saturated heterocycles. The second kappa shape index (κ2) is 5.64. The summed E-state index contributed by atoms with van der Waals surface area (Å²) in [4.78, 5) is 14.9. The molecule has 5 heteroatoms. The fourth-order valence-electron chi connectivity index (χ4n) is 3.22. The molecule has 0 spiro atoms. The van der Waals surface area contributed by atoms with Crippen LogP contribution in [-0.4, -0.2) is 27.1 Å². The van der Waals surface area contributed by atoms with Crippen molar-refractivity contribution < 1.29 is 4.79 Å². The molecule has 21 heavy (non-hydrogen) atoms. The van der Waals surface area contributed by atoms with Crippen LogP contribution < -0.4 is 0 Å². The Balaban J connectivity index is 1.82. The monoisotopic (exact) mass is 303 g/mol. The van der Waals surface area contributed by atoms with E-state index < -0.39 is 0 Å². The second-order valence-electron chi connectivity index (χ2n) is 5.79. The Morgan fingerprint density at radius 2 is 2.29 bits per heavy atom. The third-order valence-corrected chi connectivity index (χ3v) is 4.93. The number of hydrogen-bond acceptors (Lipinski definition) is 3. The van der Waals surface area contributed by atoms with E-state index in [1.807, 2.05) is 36.4 Å². The fourth-order valence-corrected chi connectivity index (χ4v) is 3.93. The van der Waals surface area contributed by atoms with Gasteiger partial charge in [0, 0.05) is 12.2 Å². The number of rotatable bonds is 3. The van der Waals surface area contributed by atoms with Gasteiger partial charge in [0.1, 0.15) is 6.04 Å². The molecule has 3 heterocycles. The zero-order chi connectivity index (χ0) is 15.0. The van der Waals surface area contributed by atoms with E-state index in [2.05, 4.69) is 21.9 Å². The number of thiophene rings is 1. The molecule has 0 aliphatic carbocycles. The molecule has 3 rings (SSSR count). The van der Waals surface area contributed by atoms with Crippen molar-refractivity contribution in [1.29, 1.82) is 0 Å². The molecule has 1 fully saturated rings. The summed E-state index contributed by atoms with van der Waals surface area (Å²) >= 11 is 1.70. The van der Waals surface area contributed by atoms with Gasteiger partial charge in [0.15, 0.2) is 0 Å². The molecule has 112 valence electrons. The molecule has 2 aromatic heterocycles. The molecule has 2 aromatic rings. The largest absolute Gasteiger partial charge is 0.334 e. The van der Waals surface area contributed by atoms with Crippen molar-refractivity contribution in [2.75, 3.05) is 6.54 Å². The molecule has 0 N–H and O–H groups in total. The molecule has 1 aliphatic rings. The molecular weight excluding hydrogens is 282 g/mol. The molecule has 1 amide bonds. The summed E-state index contributed by atoms with van der Waals surface area (Å²) in [6.45, 7) is 6.77. The van der Waals surface area contributed by atoms with Gasteiger partial charge in [-0.3, -0.25) is 9.48 Å². The first-order valence-corrected chi connectivity index (χ1v) is 8.37. The van der Waals surface area contributed by atoms with E-state index in [1.165, 1.54) is 5.56 Å². The highest BCUT2D eigenvalue weighted by atomic mass is 32.1. The van der Waals surface area contributed by atoms with Crippen molar-refractivity contribution in [3.63, 3.8) is 0 Å². The van der Waals surface area contributed by atoms with Crippen LogP contribution in [0.25, 0.3) is 0 Å². The number of carbonyl (C=O) groups is 1. The van der Waals surface area contributed by atoms with Crippen LogP contribution >= 0.6 is 11.3 Å². The smallest absolute Gasteiger partial charge is 0.247 e. The third-order valence-electron chi connectivity index (χ3n) is 4.23. The molecular formula is C16H21N3OS. The SMILES string of the molecule is Cc1cc(C)n([C@H](C)C(=O)N2CCC[C@@H]2c2ccsc2)n1. The van der Waals surface area contributed by atoms with Crippen LogP contribution in [0.5, 0.6) is 0 Å². The van der Waals surface area contributed by atoms with Crippen molar-refractivity contribution >= 4 is 17.2 Å². The minimum atomic E-state index is -0.238. The summed E-state index contributed by atoms with van der Waals surface area (Å²) in [7, 11) is 0. The highest BCUT2D eigenvalue weighted by Crippen LogP contribution is 2.34. The van der Waals surface area contributed by atoms with Gasteiger partial charge in [0.25, 0.3) is 0 Å². The van der Waals surface area contributed by atoms with Crippen molar-refractivity contribution in [2.45, 2.75) is 45.7 Å². The van der Waals surface area contributed by atoms with Gasteiger partial charge in [-0.2, -0.15) is 16.4 Å². The summed E-state index contributed by atoms with van der Waals surface area (Å²) in [5.41, 5.74) is 3.27. The summed E-state index contributed by atoms with van der Waals surface area (Å²) in [6, 6.07) is 4.15. The zero-order valence-electron chi connectivity index (χ0n) is 12.7. The first-order chi connectivity index (χ1) is 10.1. The molecule has 4 nitrogen and oxygen atoms in total. The van der Waals surface area contributed by atoms with Gasteiger partial charge in [-0.15, -0.1) is 0 Å². The van der Waals surface area contributed by atoms with Gasteiger partial charge in [-0.05, 0) is 62.1 Å². The van der Waals surface area contributed by atoms with E-state index >= 15 is 0 Å². The molecule has 0 aromatic carbocycles. The van der Waals surface area contributed by atoms with E-state index in [-0.39, 0.29) is 18.0 Å².